The fourth-order valence-electron chi connectivity index (χ4n) is 3.06. The molecule has 0 aliphatic rings. The van der Waals surface area contributed by atoms with Crippen LogP contribution in [0.1, 0.15) is 43.7 Å². The van der Waals surface area contributed by atoms with Crippen LogP contribution >= 0.6 is 0 Å². The molecule has 22 heavy (non-hydrogen) atoms. The van der Waals surface area contributed by atoms with Gasteiger partial charge in [-0.2, -0.15) is 0 Å². The third kappa shape index (κ3) is 3.09. The Hall–Kier alpha value is -2.02. The van der Waals surface area contributed by atoms with E-state index in [-0.39, 0.29) is 0 Å². The van der Waals surface area contributed by atoms with E-state index < -0.39 is 0 Å². The van der Waals surface area contributed by atoms with Crippen LogP contribution in [0.4, 0.5) is 0 Å². The molecule has 114 valence electrons. The van der Waals surface area contributed by atoms with Crippen molar-refractivity contribution in [3.8, 4) is 11.1 Å². The average molecular weight is 292 g/mol. The maximum absolute atomic E-state index is 5.61. The number of benzene rings is 2. The Morgan fingerprint density at radius 2 is 1.68 bits per heavy atom. The summed E-state index contributed by atoms with van der Waals surface area (Å²) in [5, 5.41) is 1.20. The van der Waals surface area contributed by atoms with Crippen molar-refractivity contribution >= 4 is 11.0 Å². The van der Waals surface area contributed by atoms with Gasteiger partial charge in [0, 0.05) is 5.39 Å². The molecule has 1 heteroatoms. The van der Waals surface area contributed by atoms with Gasteiger partial charge in [-0.3, -0.25) is 0 Å². The lowest BCUT2D eigenvalue weighted by molar-refractivity contribution is 0.613. The number of unbranched alkanes of at least 4 members (excludes halogenated alkanes) is 3. The Balaban J connectivity index is 1.80. The first kappa shape index (κ1) is 14.9. The third-order valence-corrected chi connectivity index (χ3v) is 4.40. The van der Waals surface area contributed by atoms with Gasteiger partial charge in [0.15, 0.2) is 0 Å². The first-order chi connectivity index (χ1) is 10.8. The Morgan fingerprint density at radius 1 is 0.864 bits per heavy atom. The predicted molar refractivity (Wildman–Crippen MR) is 94.2 cm³/mol. The summed E-state index contributed by atoms with van der Waals surface area (Å²) >= 11 is 0. The van der Waals surface area contributed by atoms with Gasteiger partial charge in [-0.1, -0.05) is 62.6 Å². The molecule has 0 aliphatic heterocycles. The molecule has 0 spiro atoms. The van der Waals surface area contributed by atoms with Crippen molar-refractivity contribution < 1.29 is 4.42 Å². The van der Waals surface area contributed by atoms with E-state index in [2.05, 4.69) is 56.3 Å². The number of furan rings is 1. The van der Waals surface area contributed by atoms with Gasteiger partial charge < -0.3 is 4.42 Å². The molecule has 1 nitrogen and oxygen atoms in total. The van der Waals surface area contributed by atoms with E-state index in [0.717, 1.165) is 5.58 Å². The first-order valence-corrected chi connectivity index (χ1v) is 8.35. The molecule has 0 N–H and O–H groups in total. The van der Waals surface area contributed by atoms with E-state index in [1.807, 2.05) is 0 Å². The highest BCUT2D eigenvalue weighted by molar-refractivity contribution is 5.95. The Labute approximate surface area is 133 Å². The zero-order valence-electron chi connectivity index (χ0n) is 13.6. The molecule has 0 aliphatic carbocycles. The van der Waals surface area contributed by atoms with E-state index >= 15 is 0 Å². The minimum Gasteiger partial charge on any atom is -0.464 e. The van der Waals surface area contributed by atoms with Gasteiger partial charge in [0.2, 0.25) is 0 Å². The van der Waals surface area contributed by atoms with Crippen molar-refractivity contribution in [2.75, 3.05) is 0 Å². The monoisotopic (exact) mass is 292 g/mol. The van der Waals surface area contributed by atoms with Crippen molar-refractivity contribution in [3.63, 3.8) is 0 Å². The molecule has 3 rings (SSSR count). The van der Waals surface area contributed by atoms with E-state index in [4.69, 9.17) is 4.42 Å². The van der Waals surface area contributed by atoms with Crippen LogP contribution in [0.15, 0.2) is 53.1 Å². The highest BCUT2D eigenvalue weighted by Crippen LogP contribution is 2.31. The Bertz CT molecular complexity index is 734. The summed E-state index contributed by atoms with van der Waals surface area (Å²) in [4.78, 5) is 0. The zero-order chi connectivity index (χ0) is 15.4. The number of hydrogen-bond acceptors (Lipinski definition) is 1. The van der Waals surface area contributed by atoms with Gasteiger partial charge in [0.05, 0.1) is 6.26 Å². The van der Waals surface area contributed by atoms with Gasteiger partial charge in [-0.25, -0.2) is 0 Å². The summed E-state index contributed by atoms with van der Waals surface area (Å²) in [5.41, 5.74) is 6.16. The molecule has 0 saturated carbocycles. The summed E-state index contributed by atoms with van der Waals surface area (Å²) < 4.78 is 5.61. The van der Waals surface area contributed by atoms with Crippen molar-refractivity contribution in [3.05, 3.63) is 59.9 Å². The van der Waals surface area contributed by atoms with E-state index in [1.54, 1.807) is 6.26 Å². The van der Waals surface area contributed by atoms with E-state index in [1.165, 1.54) is 59.7 Å². The molecule has 1 heterocycles. The molecular formula is C21H24O. The molecule has 1 aromatic heterocycles. The molecule has 0 unspecified atom stereocenters. The minimum atomic E-state index is 1.00. The average Bonchev–Trinajstić information content (AvgIpc) is 3.03. The Morgan fingerprint density at radius 3 is 2.45 bits per heavy atom. The van der Waals surface area contributed by atoms with Crippen molar-refractivity contribution in [1.82, 2.24) is 0 Å². The summed E-state index contributed by atoms with van der Waals surface area (Å²) in [6.07, 6.45) is 8.25. The molecule has 0 bridgehead atoms. The van der Waals surface area contributed by atoms with Crippen LogP contribution in [-0.2, 0) is 6.42 Å². The van der Waals surface area contributed by atoms with E-state index in [9.17, 15) is 0 Å². The third-order valence-electron chi connectivity index (χ3n) is 4.40. The highest BCUT2D eigenvalue weighted by Gasteiger charge is 2.08. The maximum atomic E-state index is 5.61. The Kier molecular flexibility index (Phi) is 4.62. The summed E-state index contributed by atoms with van der Waals surface area (Å²) in [6, 6.07) is 15.4. The second-order valence-corrected chi connectivity index (χ2v) is 6.10. The fraction of sp³-hybridized carbons (Fsp3) is 0.333. The molecule has 2 aromatic carbocycles. The standard InChI is InChI=1S/C21H24O/c1-3-4-5-6-7-17-9-11-18(12-10-17)19-13-8-16(2)21-20(19)14-15-22-21/h8-15H,3-7H2,1-2H3. The summed E-state index contributed by atoms with van der Waals surface area (Å²) in [6.45, 7) is 4.35. The molecule has 0 saturated heterocycles. The molecule has 0 radical (unpaired) electrons. The van der Waals surface area contributed by atoms with Crippen LogP contribution in [0.25, 0.3) is 22.1 Å². The van der Waals surface area contributed by atoms with Gasteiger partial charge in [-0.15, -0.1) is 0 Å². The van der Waals surface area contributed by atoms with Crippen molar-refractivity contribution in [2.24, 2.45) is 0 Å². The minimum absolute atomic E-state index is 1.00. The lowest BCUT2D eigenvalue weighted by Crippen LogP contribution is -1.87. The van der Waals surface area contributed by atoms with Crippen LogP contribution in [0, 0.1) is 6.92 Å². The highest BCUT2D eigenvalue weighted by atomic mass is 16.3. The predicted octanol–water partition coefficient (Wildman–Crippen LogP) is 6.53. The molecule has 3 aromatic rings. The van der Waals surface area contributed by atoms with Crippen LogP contribution < -0.4 is 0 Å². The summed E-state index contributed by atoms with van der Waals surface area (Å²) in [7, 11) is 0. The summed E-state index contributed by atoms with van der Waals surface area (Å²) in [5.74, 6) is 0. The largest absolute Gasteiger partial charge is 0.464 e. The SMILES string of the molecule is CCCCCCc1ccc(-c2ccc(C)c3occc23)cc1. The van der Waals surface area contributed by atoms with Gasteiger partial charge >= 0.3 is 0 Å². The van der Waals surface area contributed by atoms with Crippen LogP contribution in [0.5, 0.6) is 0 Å². The first-order valence-electron chi connectivity index (χ1n) is 8.35. The number of rotatable bonds is 6. The van der Waals surface area contributed by atoms with Crippen molar-refractivity contribution in [1.29, 1.82) is 0 Å². The van der Waals surface area contributed by atoms with Crippen LogP contribution in [-0.4, -0.2) is 0 Å². The smallest absolute Gasteiger partial charge is 0.137 e. The lowest BCUT2D eigenvalue weighted by Gasteiger charge is -2.07. The zero-order valence-corrected chi connectivity index (χ0v) is 13.6. The fourth-order valence-corrected chi connectivity index (χ4v) is 3.06. The lowest BCUT2D eigenvalue weighted by atomic mass is 9.97. The van der Waals surface area contributed by atoms with Gasteiger partial charge in [0.25, 0.3) is 0 Å². The second kappa shape index (κ2) is 6.83. The quantitative estimate of drug-likeness (QED) is 0.471. The van der Waals surface area contributed by atoms with Crippen LogP contribution in [0.3, 0.4) is 0 Å². The number of aryl methyl sites for hydroxylation is 2. The van der Waals surface area contributed by atoms with Crippen molar-refractivity contribution in [2.45, 2.75) is 46.0 Å². The van der Waals surface area contributed by atoms with Crippen LogP contribution in [0.2, 0.25) is 0 Å². The normalized spacial score (nSPS) is 11.2. The molecule has 0 fully saturated rings. The van der Waals surface area contributed by atoms with Gasteiger partial charge in [0.1, 0.15) is 5.58 Å². The van der Waals surface area contributed by atoms with Gasteiger partial charge in [-0.05, 0) is 48.1 Å². The molecular weight excluding hydrogens is 268 g/mol. The molecule has 0 amide bonds. The maximum Gasteiger partial charge on any atom is 0.137 e. The van der Waals surface area contributed by atoms with E-state index in [0.29, 0.717) is 0 Å². The number of fused-ring (bicyclic) bond motifs is 1. The molecule has 0 atom stereocenters. The number of hydrogen-bond donors (Lipinski definition) is 0. The topological polar surface area (TPSA) is 13.1 Å². The second-order valence-electron chi connectivity index (χ2n) is 6.10.